The van der Waals surface area contributed by atoms with Crippen molar-refractivity contribution in [1.82, 2.24) is 10.2 Å². The molecule has 0 aromatic heterocycles. The predicted molar refractivity (Wildman–Crippen MR) is 73.2 cm³/mol. The Morgan fingerprint density at radius 2 is 2.06 bits per heavy atom. The Balaban J connectivity index is 2.61. The summed E-state index contributed by atoms with van der Waals surface area (Å²) in [6, 6.07) is 0.586. The van der Waals surface area contributed by atoms with E-state index < -0.39 is 0 Å². The maximum absolute atomic E-state index is 9.83. The van der Waals surface area contributed by atoms with Crippen LogP contribution in [0, 0.1) is 5.92 Å². The van der Waals surface area contributed by atoms with Gasteiger partial charge in [-0.2, -0.15) is 0 Å². The summed E-state index contributed by atoms with van der Waals surface area (Å²) in [6.07, 6.45) is 4.83. The van der Waals surface area contributed by atoms with Crippen molar-refractivity contribution >= 4 is 0 Å². The second-order valence-electron chi connectivity index (χ2n) is 5.69. The van der Waals surface area contributed by atoms with E-state index in [2.05, 4.69) is 38.0 Å². The zero-order chi connectivity index (χ0) is 12.9. The highest BCUT2D eigenvalue weighted by Gasteiger charge is 2.45. The third-order valence-corrected chi connectivity index (χ3v) is 4.24. The molecule has 0 amide bonds. The molecule has 102 valence electrons. The Kier molecular flexibility index (Phi) is 5.90. The molecule has 3 heteroatoms. The van der Waals surface area contributed by atoms with Crippen LogP contribution in [0.25, 0.3) is 0 Å². The van der Waals surface area contributed by atoms with E-state index in [9.17, 15) is 5.11 Å². The fourth-order valence-electron chi connectivity index (χ4n) is 2.49. The molecule has 1 aliphatic carbocycles. The summed E-state index contributed by atoms with van der Waals surface area (Å²) in [4.78, 5) is 2.39. The summed E-state index contributed by atoms with van der Waals surface area (Å²) < 4.78 is 0. The highest BCUT2D eigenvalue weighted by Crippen LogP contribution is 2.40. The van der Waals surface area contributed by atoms with Gasteiger partial charge in [-0.1, -0.05) is 13.8 Å². The summed E-state index contributed by atoms with van der Waals surface area (Å²) in [5.41, 5.74) is -0.0613. The fraction of sp³-hybridized carbons (Fsp3) is 1.00. The maximum atomic E-state index is 9.83. The number of nitrogens with zero attached hydrogens (tertiary/aromatic N) is 1. The van der Waals surface area contributed by atoms with Crippen LogP contribution in [0.3, 0.4) is 0 Å². The van der Waals surface area contributed by atoms with Crippen LogP contribution in [0.5, 0.6) is 0 Å². The van der Waals surface area contributed by atoms with Crippen LogP contribution in [0.1, 0.15) is 46.5 Å². The van der Waals surface area contributed by atoms with Gasteiger partial charge in [-0.15, -0.1) is 0 Å². The summed E-state index contributed by atoms with van der Waals surface area (Å²) in [5, 5.41) is 13.4. The molecule has 2 atom stereocenters. The number of aliphatic hydroxyl groups is 1. The second-order valence-corrected chi connectivity index (χ2v) is 5.69. The zero-order valence-electron chi connectivity index (χ0n) is 12.0. The monoisotopic (exact) mass is 242 g/mol. The van der Waals surface area contributed by atoms with Crippen molar-refractivity contribution in [3.8, 4) is 0 Å². The molecule has 0 aromatic rings. The smallest absolute Gasteiger partial charge is 0.0628 e. The quantitative estimate of drug-likeness (QED) is 0.648. The number of hydrogen-bond donors (Lipinski definition) is 2. The van der Waals surface area contributed by atoms with Crippen molar-refractivity contribution in [3.05, 3.63) is 0 Å². The van der Waals surface area contributed by atoms with Crippen molar-refractivity contribution in [2.75, 3.05) is 26.7 Å². The summed E-state index contributed by atoms with van der Waals surface area (Å²) in [5.74, 6) is 0.672. The number of rotatable bonds is 9. The van der Waals surface area contributed by atoms with Gasteiger partial charge in [-0.25, -0.2) is 0 Å². The van der Waals surface area contributed by atoms with Gasteiger partial charge in [0.25, 0.3) is 0 Å². The van der Waals surface area contributed by atoms with E-state index in [4.69, 9.17) is 0 Å². The Bertz CT molecular complexity index is 218. The average molecular weight is 242 g/mol. The topological polar surface area (TPSA) is 35.5 Å². The van der Waals surface area contributed by atoms with Crippen molar-refractivity contribution < 1.29 is 5.11 Å². The van der Waals surface area contributed by atoms with E-state index >= 15 is 0 Å². The molecule has 1 aliphatic rings. The van der Waals surface area contributed by atoms with Crippen LogP contribution in [-0.4, -0.2) is 48.3 Å². The fourth-order valence-corrected chi connectivity index (χ4v) is 2.49. The van der Waals surface area contributed by atoms with E-state index in [1.165, 1.54) is 12.8 Å². The van der Waals surface area contributed by atoms with E-state index in [1.54, 1.807) is 0 Å². The molecule has 0 radical (unpaired) electrons. The molecule has 2 unspecified atom stereocenters. The normalized spacial score (nSPS) is 21.5. The lowest BCUT2D eigenvalue weighted by Gasteiger charge is -2.39. The minimum absolute atomic E-state index is 0.0613. The van der Waals surface area contributed by atoms with Gasteiger partial charge in [0.1, 0.15) is 0 Å². The lowest BCUT2D eigenvalue weighted by molar-refractivity contribution is 0.0861. The van der Waals surface area contributed by atoms with Gasteiger partial charge in [0.05, 0.1) is 12.1 Å². The first-order chi connectivity index (χ1) is 8.09. The van der Waals surface area contributed by atoms with Crippen LogP contribution in [0.4, 0.5) is 0 Å². The second kappa shape index (κ2) is 6.72. The van der Waals surface area contributed by atoms with Gasteiger partial charge in [-0.3, -0.25) is 0 Å². The van der Waals surface area contributed by atoms with Crippen molar-refractivity contribution in [3.63, 3.8) is 0 Å². The van der Waals surface area contributed by atoms with E-state index in [-0.39, 0.29) is 12.1 Å². The van der Waals surface area contributed by atoms with Gasteiger partial charge >= 0.3 is 0 Å². The minimum Gasteiger partial charge on any atom is -0.394 e. The van der Waals surface area contributed by atoms with Crippen LogP contribution in [-0.2, 0) is 0 Å². The van der Waals surface area contributed by atoms with Crippen molar-refractivity contribution in [2.45, 2.75) is 58.0 Å². The molecular formula is C14H30N2O. The summed E-state index contributed by atoms with van der Waals surface area (Å²) in [6.45, 7) is 8.89. The number of likely N-dealkylation sites (N-methyl/N-ethyl adjacent to an activating group) is 1. The molecule has 3 nitrogen and oxygen atoms in total. The Hall–Kier alpha value is -0.120. The molecule has 0 bridgehead atoms. The molecule has 0 saturated heterocycles. The highest BCUT2D eigenvalue weighted by atomic mass is 16.3. The van der Waals surface area contributed by atoms with Crippen molar-refractivity contribution in [1.29, 1.82) is 0 Å². The van der Waals surface area contributed by atoms with E-state index in [0.29, 0.717) is 12.0 Å². The lowest BCUT2D eigenvalue weighted by Crippen LogP contribution is -2.58. The highest BCUT2D eigenvalue weighted by molar-refractivity contribution is 5.02. The minimum atomic E-state index is -0.0613. The Morgan fingerprint density at radius 1 is 1.41 bits per heavy atom. The molecule has 0 spiro atoms. The largest absolute Gasteiger partial charge is 0.394 e. The van der Waals surface area contributed by atoms with Gasteiger partial charge < -0.3 is 15.3 Å². The van der Waals surface area contributed by atoms with Crippen LogP contribution >= 0.6 is 0 Å². The number of hydrogen-bond acceptors (Lipinski definition) is 3. The van der Waals surface area contributed by atoms with Gasteiger partial charge in [0.2, 0.25) is 0 Å². The molecule has 1 fully saturated rings. The van der Waals surface area contributed by atoms with Crippen LogP contribution in [0.15, 0.2) is 0 Å². The molecule has 2 N–H and O–H groups in total. The van der Waals surface area contributed by atoms with Gasteiger partial charge in [-0.05, 0) is 52.1 Å². The first-order valence-electron chi connectivity index (χ1n) is 7.15. The van der Waals surface area contributed by atoms with Gasteiger partial charge in [0.15, 0.2) is 0 Å². The first kappa shape index (κ1) is 14.9. The van der Waals surface area contributed by atoms with E-state index in [1.807, 2.05) is 0 Å². The number of aliphatic hydroxyl groups excluding tert-OH is 1. The summed E-state index contributed by atoms with van der Waals surface area (Å²) >= 11 is 0. The van der Waals surface area contributed by atoms with Crippen molar-refractivity contribution in [2.24, 2.45) is 5.92 Å². The molecule has 17 heavy (non-hydrogen) atoms. The third kappa shape index (κ3) is 3.94. The SMILES string of the molecule is CCCNC(CO)(CN(C)C(C)CC)C1CC1. The van der Waals surface area contributed by atoms with Crippen LogP contribution < -0.4 is 5.32 Å². The first-order valence-corrected chi connectivity index (χ1v) is 7.15. The molecule has 0 heterocycles. The van der Waals surface area contributed by atoms with Gasteiger partial charge in [0, 0.05) is 12.6 Å². The number of nitrogens with one attached hydrogen (secondary N) is 1. The third-order valence-electron chi connectivity index (χ3n) is 4.24. The maximum Gasteiger partial charge on any atom is 0.0628 e. The standard InChI is InChI=1S/C14H30N2O/c1-5-9-15-14(11-17,13-7-8-13)10-16(4)12(3)6-2/h12-13,15,17H,5-11H2,1-4H3. The lowest BCUT2D eigenvalue weighted by atomic mass is 9.92. The molecule has 1 rings (SSSR count). The van der Waals surface area contributed by atoms with Crippen LogP contribution in [0.2, 0.25) is 0 Å². The Morgan fingerprint density at radius 3 is 2.47 bits per heavy atom. The average Bonchev–Trinajstić information content (AvgIpc) is 3.17. The molecular weight excluding hydrogens is 212 g/mol. The zero-order valence-corrected chi connectivity index (χ0v) is 12.0. The predicted octanol–water partition coefficient (Wildman–Crippen LogP) is 1.86. The molecule has 0 aromatic carbocycles. The van der Waals surface area contributed by atoms with E-state index in [0.717, 1.165) is 25.9 Å². The molecule has 0 aliphatic heterocycles. The molecule has 1 saturated carbocycles. The Labute approximate surface area is 107 Å². The summed E-state index contributed by atoms with van der Waals surface area (Å²) in [7, 11) is 2.18.